The number of rotatable bonds is 0. The number of aromatic nitrogens is 1. The second-order valence-electron chi connectivity index (χ2n) is 5.86. The van der Waals surface area contributed by atoms with Gasteiger partial charge in [0.05, 0.1) is 12.0 Å². The lowest BCUT2D eigenvalue weighted by Crippen LogP contribution is -2.14. The first-order valence-electron chi connectivity index (χ1n) is 7.49. The summed E-state index contributed by atoms with van der Waals surface area (Å²) < 4.78 is 38.9. The smallest absolute Gasteiger partial charge is 0.325 e. The maximum absolute atomic E-state index is 13.0. The van der Waals surface area contributed by atoms with Crippen LogP contribution in [0.15, 0.2) is 47.3 Å². The highest BCUT2D eigenvalue weighted by Crippen LogP contribution is 2.40. The van der Waals surface area contributed by atoms with Crippen molar-refractivity contribution in [3.8, 4) is 11.1 Å². The summed E-state index contributed by atoms with van der Waals surface area (Å²) in [6.45, 7) is 0. The first-order chi connectivity index (χ1) is 11.8. The lowest BCUT2D eigenvalue weighted by molar-refractivity contribution is -0.137. The van der Waals surface area contributed by atoms with Gasteiger partial charge in [-0.2, -0.15) is 13.2 Å². The minimum atomic E-state index is -4.49. The van der Waals surface area contributed by atoms with E-state index in [0.29, 0.717) is 27.6 Å². The summed E-state index contributed by atoms with van der Waals surface area (Å²) in [5.41, 5.74) is 1.48. The first kappa shape index (κ1) is 15.4. The Morgan fingerprint density at radius 2 is 1.68 bits per heavy atom. The molecule has 0 bridgehead atoms. The number of benzene rings is 2. The second-order valence-corrected chi connectivity index (χ2v) is 5.86. The van der Waals surface area contributed by atoms with Crippen LogP contribution in [0.4, 0.5) is 18.9 Å². The van der Waals surface area contributed by atoms with E-state index in [1.807, 2.05) is 0 Å². The van der Waals surface area contributed by atoms with E-state index in [4.69, 9.17) is 0 Å². The molecule has 0 radical (unpaired) electrons. The van der Waals surface area contributed by atoms with Gasteiger partial charge in [-0.05, 0) is 35.4 Å². The SMILES string of the molecule is O=C1Cc2c(ccc3[nH]c(=O)ccc23)-c2ccc(C(F)(F)F)cc2N1. The average molecular weight is 344 g/mol. The van der Waals surface area contributed by atoms with Gasteiger partial charge in [0.25, 0.3) is 0 Å². The number of carbonyl (C=O) groups excluding carboxylic acids is 1. The summed E-state index contributed by atoms with van der Waals surface area (Å²) in [6, 6.07) is 9.68. The maximum Gasteiger partial charge on any atom is 0.416 e. The number of aromatic amines is 1. The molecule has 2 aromatic carbocycles. The number of halogens is 3. The molecule has 0 spiro atoms. The normalized spacial score (nSPS) is 13.8. The number of nitrogens with one attached hydrogen (secondary N) is 2. The lowest BCUT2D eigenvalue weighted by atomic mass is 9.93. The van der Waals surface area contributed by atoms with Gasteiger partial charge in [-0.15, -0.1) is 0 Å². The Morgan fingerprint density at radius 3 is 2.44 bits per heavy atom. The van der Waals surface area contributed by atoms with Crippen LogP contribution < -0.4 is 10.9 Å². The maximum atomic E-state index is 13.0. The molecule has 4 nitrogen and oxygen atoms in total. The molecule has 0 saturated heterocycles. The Kier molecular flexibility index (Phi) is 3.21. The van der Waals surface area contributed by atoms with Crippen LogP contribution in [0.2, 0.25) is 0 Å². The van der Waals surface area contributed by atoms with Crippen molar-refractivity contribution < 1.29 is 18.0 Å². The van der Waals surface area contributed by atoms with Gasteiger partial charge < -0.3 is 10.3 Å². The Balaban J connectivity index is 2.01. The molecule has 0 saturated carbocycles. The van der Waals surface area contributed by atoms with Crippen LogP contribution in [0.3, 0.4) is 0 Å². The van der Waals surface area contributed by atoms with Crippen molar-refractivity contribution in [1.82, 2.24) is 4.98 Å². The third kappa shape index (κ3) is 2.57. The van der Waals surface area contributed by atoms with Crippen LogP contribution in [0.5, 0.6) is 0 Å². The largest absolute Gasteiger partial charge is 0.416 e. The van der Waals surface area contributed by atoms with Gasteiger partial charge in [-0.3, -0.25) is 9.59 Å². The number of fused-ring (bicyclic) bond motifs is 5. The fraction of sp³-hybridized carbons (Fsp3) is 0.111. The van der Waals surface area contributed by atoms with Crippen LogP contribution in [0.25, 0.3) is 22.0 Å². The number of hydrogen-bond donors (Lipinski definition) is 2. The summed E-state index contributed by atoms with van der Waals surface area (Å²) in [5.74, 6) is -0.405. The van der Waals surface area contributed by atoms with Crippen molar-refractivity contribution in [1.29, 1.82) is 0 Å². The number of anilines is 1. The van der Waals surface area contributed by atoms with E-state index in [-0.39, 0.29) is 17.7 Å². The third-order valence-corrected chi connectivity index (χ3v) is 4.26. The predicted molar refractivity (Wildman–Crippen MR) is 87.3 cm³/mol. The molecule has 0 aliphatic carbocycles. The Labute approximate surface area is 139 Å². The molecule has 1 aromatic heterocycles. The summed E-state index contributed by atoms with van der Waals surface area (Å²) in [6.07, 6.45) is -4.48. The van der Waals surface area contributed by atoms with Crippen molar-refractivity contribution in [3.63, 3.8) is 0 Å². The first-order valence-corrected chi connectivity index (χ1v) is 7.49. The van der Waals surface area contributed by atoms with Crippen molar-refractivity contribution in [2.75, 3.05) is 5.32 Å². The van der Waals surface area contributed by atoms with Crippen LogP contribution in [-0.4, -0.2) is 10.9 Å². The molecule has 3 aromatic rings. The van der Waals surface area contributed by atoms with Crippen molar-refractivity contribution in [3.05, 3.63) is 63.9 Å². The van der Waals surface area contributed by atoms with E-state index in [9.17, 15) is 22.8 Å². The Hall–Kier alpha value is -3.09. The molecule has 0 atom stereocenters. The van der Waals surface area contributed by atoms with E-state index in [0.717, 1.165) is 12.1 Å². The zero-order valence-electron chi connectivity index (χ0n) is 12.7. The third-order valence-electron chi connectivity index (χ3n) is 4.26. The molecule has 4 rings (SSSR count). The van der Waals surface area contributed by atoms with Crippen LogP contribution in [0.1, 0.15) is 11.1 Å². The molecular formula is C18H11F3N2O2. The summed E-state index contributed by atoms with van der Waals surface area (Å²) in [7, 11) is 0. The van der Waals surface area contributed by atoms with E-state index < -0.39 is 17.6 Å². The standard InChI is InChI=1S/C18H11F3N2O2/c19-18(20,21)9-1-2-11-10-3-5-14-12(4-6-16(24)22-14)13(10)8-17(25)23-15(11)7-9/h1-7H,8H2,(H,22,24)(H,23,25). The highest BCUT2D eigenvalue weighted by Gasteiger charge is 2.32. The van der Waals surface area contributed by atoms with Crippen molar-refractivity contribution in [2.45, 2.75) is 12.6 Å². The molecule has 0 unspecified atom stereocenters. The van der Waals surface area contributed by atoms with E-state index >= 15 is 0 Å². The molecule has 1 amide bonds. The molecule has 7 heteroatoms. The zero-order chi connectivity index (χ0) is 17.8. The van der Waals surface area contributed by atoms with E-state index in [2.05, 4.69) is 10.3 Å². The second kappa shape index (κ2) is 5.20. The van der Waals surface area contributed by atoms with Crippen LogP contribution >= 0.6 is 0 Å². The van der Waals surface area contributed by atoms with Gasteiger partial charge >= 0.3 is 6.18 Å². The number of hydrogen-bond acceptors (Lipinski definition) is 2. The minimum absolute atomic E-state index is 0.00868. The van der Waals surface area contributed by atoms with Crippen molar-refractivity contribution >= 4 is 22.5 Å². The van der Waals surface area contributed by atoms with Gasteiger partial charge in [-0.1, -0.05) is 12.1 Å². The number of carbonyl (C=O) groups is 1. The summed E-state index contributed by atoms with van der Waals surface area (Å²) in [5, 5.41) is 3.24. The van der Waals surface area contributed by atoms with Crippen LogP contribution in [-0.2, 0) is 17.4 Å². The Morgan fingerprint density at radius 1 is 0.920 bits per heavy atom. The lowest BCUT2D eigenvalue weighted by Gasteiger charge is -2.13. The molecule has 25 heavy (non-hydrogen) atoms. The van der Waals surface area contributed by atoms with Crippen LogP contribution in [0, 0.1) is 0 Å². The fourth-order valence-electron chi connectivity index (χ4n) is 3.15. The Bertz CT molecular complexity index is 1080. The van der Waals surface area contributed by atoms with E-state index in [1.54, 1.807) is 18.2 Å². The highest BCUT2D eigenvalue weighted by atomic mass is 19.4. The molecular weight excluding hydrogens is 333 g/mol. The molecule has 2 N–H and O–H groups in total. The molecule has 2 heterocycles. The monoisotopic (exact) mass is 344 g/mol. The predicted octanol–water partition coefficient (Wildman–Crippen LogP) is 3.71. The number of amides is 1. The summed E-state index contributed by atoms with van der Waals surface area (Å²) in [4.78, 5) is 26.4. The average Bonchev–Trinajstić information content (AvgIpc) is 2.68. The van der Waals surface area contributed by atoms with E-state index in [1.165, 1.54) is 12.1 Å². The fourth-order valence-corrected chi connectivity index (χ4v) is 3.15. The molecule has 0 fully saturated rings. The zero-order valence-corrected chi connectivity index (χ0v) is 12.7. The van der Waals surface area contributed by atoms with Gasteiger partial charge in [0, 0.05) is 28.2 Å². The topological polar surface area (TPSA) is 62.0 Å². The number of H-pyrrole nitrogens is 1. The van der Waals surface area contributed by atoms with Gasteiger partial charge in [0.15, 0.2) is 0 Å². The highest BCUT2D eigenvalue weighted by molar-refractivity contribution is 6.05. The van der Waals surface area contributed by atoms with Gasteiger partial charge in [0.1, 0.15) is 0 Å². The van der Waals surface area contributed by atoms with Gasteiger partial charge in [0.2, 0.25) is 11.5 Å². The molecule has 1 aliphatic rings. The molecule has 126 valence electrons. The molecule has 1 aliphatic heterocycles. The number of alkyl halides is 3. The number of pyridine rings is 1. The summed E-state index contributed by atoms with van der Waals surface area (Å²) >= 11 is 0. The minimum Gasteiger partial charge on any atom is -0.325 e. The van der Waals surface area contributed by atoms with Gasteiger partial charge in [-0.25, -0.2) is 0 Å². The quantitative estimate of drug-likeness (QED) is 0.653. The van der Waals surface area contributed by atoms with Crippen molar-refractivity contribution in [2.24, 2.45) is 0 Å².